The first kappa shape index (κ1) is 14.5. The van der Waals surface area contributed by atoms with Crippen molar-refractivity contribution in [3.05, 3.63) is 46.9 Å². The molecule has 0 saturated heterocycles. The Hall–Kier alpha value is -1.94. The molecular formula is C16H21N3O. The van der Waals surface area contributed by atoms with Gasteiger partial charge in [-0.1, -0.05) is 6.92 Å². The van der Waals surface area contributed by atoms with Crippen LogP contribution < -0.4 is 10.5 Å². The van der Waals surface area contributed by atoms with Crippen LogP contribution in [0.5, 0.6) is 11.6 Å². The van der Waals surface area contributed by atoms with E-state index in [1.165, 1.54) is 0 Å². The molecular weight excluding hydrogens is 250 g/mol. The molecule has 4 heteroatoms. The number of pyridine rings is 2. The smallest absolute Gasteiger partial charge is 0.222 e. The Balaban J connectivity index is 2.26. The Bertz CT molecular complexity index is 596. The van der Waals surface area contributed by atoms with E-state index in [0.717, 1.165) is 41.1 Å². The minimum atomic E-state index is 0.628. The van der Waals surface area contributed by atoms with Crippen LogP contribution in [0, 0.1) is 13.8 Å². The Morgan fingerprint density at radius 1 is 1.25 bits per heavy atom. The van der Waals surface area contributed by atoms with Crippen molar-refractivity contribution in [2.24, 2.45) is 5.73 Å². The maximum absolute atomic E-state index is 5.91. The van der Waals surface area contributed by atoms with Crippen molar-refractivity contribution in [2.45, 2.75) is 33.6 Å². The van der Waals surface area contributed by atoms with E-state index in [1.54, 1.807) is 0 Å². The number of ether oxygens (including phenoxy) is 1. The molecule has 2 heterocycles. The Labute approximate surface area is 120 Å². The van der Waals surface area contributed by atoms with Crippen LogP contribution in [0.3, 0.4) is 0 Å². The average Bonchev–Trinajstić information content (AvgIpc) is 2.43. The highest BCUT2D eigenvalue weighted by atomic mass is 16.5. The van der Waals surface area contributed by atoms with Gasteiger partial charge in [-0.3, -0.25) is 4.98 Å². The van der Waals surface area contributed by atoms with Crippen molar-refractivity contribution in [3.8, 4) is 11.6 Å². The van der Waals surface area contributed by atoms with Crippen LogP contribution >= 0.6 is 0 Å². The van der Waals surface area contributed by atoms with E-state index in [4.69, 9.17) is 10.5 Å². The van der Waals surface area contributed by atoms with Gasteiger partial charge in [-0.05, 0) is 57.0 Å². The highest BCUT2D eigenvalue weighted by Crippen LogP contribution is 2.26. The third kappa shape index (κ3) is 3.33. The average molecular weight is 271 g/mol. The van der Waals surface area contributed by atoms with Crippen LogP contribution in [0.25, 0.3) is 0 Å². The third-order valence-electron chi connectivity index (χ3n) is 3.13. The van der Waals surface area contributed by atoms with Crippen molar-refractivity contribution in [3.63, 3.8) is 0 Å². The molecule has 2 N–H and O–H groups in total. The van der Waals surface area contributed by atoms with E-state index in [9.17, 15) is 0 Å². The molecule has 0 aromatic carbocycles. The number of nitrogens with two attached hydrogens (primary N) is 1. The molecule has 0 amide bonds. The molecule has 2 aromatic heterocycles. The Morgan fingerprint density at radius 2 is 2.05 bits per heavy atom. The van der Waals surface area contributed by atoms with Crippen LogP contribution in [-0.2, 0) is 12.8 Å². The van der Waals surface area contributed by atoms with Gasteiger partial charge in [-0.15, -0.1) is 0 Å². The molecule has 0 unspecified atom stereocenters. The van der Waals surface area contributed by atoms with Gasteiger partial charge in [0.2, 0.25) is 5.88 Å². The zero-order valence-electron chi connectivity index (χ0n) is 12.3. The molecule has 0 radical (unpaired) electrons. The minimum Gasteiger partial charge on any atom is -0.437 e. The lowest BCUT2D eigenvalue weighted by atomic mass is 10.1. The van der Waals surface area contributed by atoms with Gasteiger partial charge in [-0.25, -0.2) is 4.98 Å². The SMILES string of the molecule is CCc1nc(C)ccc1Oc1ncc(CCN)cc1C. The van der Waals surface area contributed by atoms with Crippen LogP contribution in [0.2, 0.25) is 0 Å². The Morgan fingerprint density at radius 3 is 2.70 bits per heavy atom. The van der Waals surface area contributed by atoms with Gasteiger partial charge in [-0.2, -0.15) is 0 Å². The molecule has 0 atom stereocenters. The van der Waals surface area contributed by atoms with Crippen molar-refractivity contribution in [1.82, 2.24) is 9.97 Å². The van der Waals surface area contributed by atoms with Gasteiger partial charge < -0.3 is 10.5 Å². The second-order valence-electron chi connectivity index (χ2n) is 4.86. The van der Waals surface area contributed by atoms with Crippen molar-refractivity contribution in [1.29, 1.82) is 0 Å². The summed E-state index contributed by atoms with van der Waals surface area (Å²) in [6, 6.07) is 5.98. The summed E-state index contributed by atoms with van der Waals surface area (Å²) in [4.78, 5) is 8.88. The predicted octanol–water partition coefficient (Wildman–Crippen LogP) is 2.95. The molecule has 0 aliphatic rings. The second-order valence-corrected chi connectivity index (χ2v) is 4.86. The zero-order chi connectivity index (χ0) is 14.5. The zero-order valence-corrected chi connectivity index (χ0v) is 12.3. The normalized spacial score (nSPS) is 10.6. The molecule has 0 bridgehead atoms. The van der Waals surface area contributed by atoms with Gasteiger partial charge in [0.25, 0.3) is 0 Å². The number of aromatic nitrogens is 2. The summed E-state index contributed by atoms with van der Waals surface area (Å²) in [6.45, 7) is 6.67. The Kier molecular flexibility index (Phi) is 4.69. The quantitative estimate of drug-likeness (QED) is 0.908. The highest BCUT2D eigenvalue weighted by Gasteiger charge is 2.09. The molecule has 2 rings (SSSR count). The summed E-state index contributed by atoms with van der Waals surface area (Å²) < 4.78 is 5.91. The summed E-state index contributed by atoms with van der Waals surface area (Å²) in [7, 11) is 0. The van der Waals surface area contributed by atoms with Gasteiger partial charge in [0, 0.05) is 17.5 Å². The number of hydrogen-bond acceptors (Lipinski definition) is 4. The first-order chi connectivity index (χ1) is 9.63. The van der Waals surface area contributed by atoms with Crippen LogP contribution in [0.1, 0.15) is 29.4 Å². The van der Waals surface area contributed by atoms with E-state index in [0.29, 0.717) is 12.4 Å². The molecule has 0 aliphatic heterocycles. The first-order valence-electron chi connectivity index (χ1n) is 6.94. The van der Waals surface area contributed by atoms with E-state index in [1.807, 2.05) is 32.2 Å². The maximum Gasteiger partial charge on any atom is 0.222 e. The van der Waals surface area contributed by atoms with E-state index >= 15 is 0 Å². The fraction of sp³-hybridized carbons (Fsp3) is 0.375. The van der Waals surface area contributed by atoms with Gasteiger partial charge in [0.15, 0.2) is 5.75 Å². The van der Waals surface area contributed by atoms with Gasteiger partial charge in [0.1, 0.15) is 0 Å². The van der Waals surface area contributed by atoms with Crippen LogP contribution in [0.15, 0.2) is 24.4 Å². The first-order valence-corrected chi connectivity index (χ1v) is 6.94. The summed E-state index contributed by atoms with van der Waals surface area (Å²) in [5.74, 6) is 1.41. The predicted molar refractivity (Wildman–Crippen MR) is 80.2 cm³/mol. The number of aryl methyl sites for hydroxylation is 3. The second kappa shape index (κ2) is 6.48. The number of nitrogens with zero attached hydrogens (tertiary/aromatic N) is 2. The lowest BCUT2D eigenvalue weighted by molar-refractivity contribution is 0.449. The van der Waals surface area contributed by atoms with Crippen molar-refractivity contribution < 1.29 is 4.74 Å². The monoisotopic (exact) mass is 271 g/mol. The molecule has 0 saturated carbocycles. The fourth-order valence-corrected chi connectivity index (χ4v) is 2.08. The standard InChI is InChI=1S/C16H21N3O/c1-4-14-15(6-5-12(3)19-14)20-16-11(2)9-13(7-8-17)10-18-16/h5-6,9-10H,4,7-8,17H2,1-3H3. The molecule has 20 heavy (non-hydrogen) atoms. The molecule has 0 spiro atoms. The lowest BCUT2D eigenvalue weighted by Crippen LogP contribution is -2.04. The third-order valence-corrected chi connectivity index (χ3v) is 3.13. The summed E-state index contributed by atoms with van der Waals surface area (Å²) >= 11 is 0. The van der Waals surface area contributed by atoms with Crippen LogP contribution in [-0.4, -0.2) is 16.5 Å². The molecule has 0 aliphatic carbocycles. The van der Waals surface area contributed by atoms with Gasteiger partial charge in [0.05, 0.1) is 5.69 Å². The van der Waals surface area contributed by atoms with Crippen molar-refractivity contribution >= 4 is 0 Å². The summed E-state index contributed by atoms with van der Waals surface area (Å²) in [5.41, 5.74) is 9.66. The lowest BCUT2D eigenvalue weighted by Gasteiger charge is -2.12. The summed E-state index contributed by atoms with van der Waals surface area (Å²) in [5, 5.41) is 0. The van der Waals surface area contributed by atoms with Gasteiger partial charge >= 0.3 is 0 Å². The van der Waals surface area contributed by atoms with Crippen LogP contribution in [0.4, 0.5) is 0 Å². The molecule has 4 nitrogen and oxygen atoms in total. The van der Waals surface area contributed by atoms with E-state index in [-0.39, 0.29) is 0 Å². The molecule has 2 aromatic rings. The number of hydrogen-bond donors (Lipinski definition) is 1. The van der Waals surface area contributed by atoms with Crippen molar-refractivity contribution in [2.75, 3.05) is 6.54 Å². The number of rotatable bonds is 5. The summed E-state index contributed by atoms with van der Waals surface area (Å²) in [6.07, 6.45) is 3.49. The van der Waals surface area contributed by atoms with E-state index in [2.05, 4.69) is 23.0 Å². The minimum absolute atomic E-state index is 0.628. The molecule has 106 valence electrons. The highest BCUT2D eigenvalue weighted by molar-refractivity contribution is 5.36. The fourth-order valence-electron chi connectivity index (χ4n) is 2.08. The largest absolute Gasteiger partial charge is 0.437 e. The molecule has 0 fully saturated rings. The van der Waals surface area contributed by atoms with E-state index < -0.39 is 0 Å². The maximum atomic E-state index is 5.91. The topological polar surface area (TPSA) is 61.0 Å².